The first-order valence-corrected chi connectivity index (χ1v) is 6.61. The Hall–Kier alpha value is -0.0800. The first kappa shape index (κ1) is 11.4. The third-order valence-corrected chi connectivity index (χ3v) is 4.33. The van der Waals surface area contributed by atoms with Gasteiger partial charge in [-0.25, -0.2) is 0 Å². The van der Waals surface area contributed by atoms with Crippen LogP contribution >= 0.6 is 0 Å². The van der Waals surface area contributed by atoms with Gasteiger partial charge in [-0.15, -0.1) is 0 Å². The van der Waals surface area contributed by atoms with Gasteiger partial charge in [0.1, 0.15) is 0 Å². The maximum absolute atomic E-state index is 9.74. The average Bonchev–Trinajstić information content (AvgIpc) is 2.62. The molecule has 0 aromatic heterocycles. The lowest BCUT2D eigenvalue weighted by molar-refractivity contribution is 0.131. The van der Waals surface area contributed by atoms with Crippen LogP contribution in [0.25, 0.3) is 0 Å². The first-order valence-electron chi connectivity index (χ1n) is 6.61. The van der Waals surface area contributed by atoms with Crippen LogP contribution in [-0.2, 0) is 0 Å². The maximum atomic E-state index is 9.74. The third-order valence-electron chi connectivity index (χ3n) is 4.33. The molecule has 0 aromatic carbocycles. The summed E-state index contributed by atoms with van der Waals surface area (Å²) in [4.78, 5) is 0. The fourth-order valence-corrected chi connectivity index (χ4v) is 3.14. The van der Waals surface area contributed by atoms with Crippen molar-refractivity contribution in [2.45, 2.75) is 70.4 Å². The van der Waals surface area contributed by atoms with Gasteiger partial charge in [0.05, 0.1) is 6.10 Å². The van der Waals surface area contributed by atoms with E-state index < -0.39 is 0 Å². The standard InChI is InChI=1S/C13H25NO/c1-13(8-3-2-4-9-13)10-14-11-6-5-7-12(11)15/h11-12,14-15H,2-10H2,1H3. The number of rotatable bonds is 3. The highest BCUT2D eigenvalue weighted by Gasteiger charge is 2.30. The molecule has 88 valence electrons. The average molecular weight is 211 g/mol. The molecule has 0 saturated heterocycles. The lowest BCUT2D eigenvalue weighted by Gasteiger charge is -2.35. The molecule has 0 amide bonds. The second kappa shape index (κ2) is 4.84. The zero-order valence-corrected chi connectivity index (χ0v) is 9.97. The lowest BCUT2D eigenvalue weighted by Crippen LogP contribution is -2.42. The van der Waals surface area contributed by atoms with Gasteiger partial charge in [-0.2, -0.15) is 0 Å². The van der Waals surface area contributed by atoms with E-state index in [9.17, 15) is 5.11 Å². The molecule has 15 heavy (non-hydrogen) atoms. The Kier molecular flexibility index (Phi) is 3.68. The summed E-state index contributed by atoms with van der Waals surface area (Å²) in [6, 6.07) is 0.378. The third kappa shape index (κ3) is 2.94. The summed E-state index contributed by atoms with van der Waals surface area (Å²) in [7, 11) is 0. The minimum atomic E-state index is -0.0859. The largest absolute Gasteiger partial charge is 0.392 e. The van der Waals surface area contributed by atoms with Gasteiger partial charge in [-0.1, -0.05) is 26.2 Å². The quantitative estimate of drug-likeness (QED) is 0.751. The van der Waals surface area contributed by atoms with Crippen LogP contribution in [0.3, 0.4) is 0 Å². The van der Waals surface area contributed by atoms with Gasteiger partial charge in [0.2, 0.25) is 0 Å². The Balaban J connectivity index is 1.76. The Labute approximate surface area is 93.5 Å². The molecule has 0 heterocycles. The molecule has 2 N–H and O–H groups in total. The van der Waals surface area contributed by atoms with Gasteiger partial charge in [0.25, 0.3) is 0 Å². The van der Waals surface area contributed by atoms with Crippen LogP contribution in [0.5, 0.6) is 0 Å². The number of hydrogen-bond acceptors (Lipinski definition) is 2. The molecule has 2 saturated carbocycles. The molecule has 2 heteroatoms. The molecule has 2 fully saturated rings. The van der Waals surface area contributed by atoms with Gasteiger partial charge in [-0.05, 0) is 37.5 Å². The Morgan fingerprint density at radius 3 is 2.47 bits per heavy atom. The molecule has 2 aliphatic carbocycles. The van der Waals surface area contributed by atoms with Crippen LogP contribution in [0.2, 0.25) is 0 Å². The van der Waals surface area contributed by atoms with E-state index >= 15 is 0 Å². The van der Waals surface area contributed by atoms with Crippen molar-refractivity contribution in [1.82, 2.24) is 5.32 Å². The fraction of sp³-hybridized carbons (Fsp3) is 1.00. The topological polar surface area (TPSA) is 32.3 Å². The highest BCUT2D eigenvalue weighted by molar-refractivity contribution is 4.87. The SMILES string of the molecule is CC1(CNC2CCCC2O)CCCCC1. The van der Waals surface area contributed by atoms with Crippen LogP contribution < -0.4 is 5.32 Å². The summed E-state index contributed by atoms with van der Waals surface area (Å²) >= 11 is 0. The van der Waals surface area contributed by atoms with Crippen LogP contribution in [0.4, 0.5) is 0 Å². The minimum Gasteiger partial charge on any atom is -0.392 e. The number of aliphatic hydroxyl groups is 1. The van der Waals surface area contributed by atoms with Crippen molar-refractivity contribution in [2.24, 2.45) is 5.41 Å². The van der Waals surface area contributed by atoms with Crippen LogP contribution in [0.1, 0.15) is 58.3 Å². The van der Waals surface area contributed by atoms with E-state index in [2.05, 4.69) is 12.2 Å². The van der Waals surface area contributed by atoms with Gasteiger partial charge in [-0.3, -0.25) is 0 Å². The Bertz CT molecular complexity index is 199. The van der Waals surface area contributed by atoms with E-state index in [0.717, 1.165) is 19.4 Å². The molecule has 0 aromatic rings. The van der Waals surface area contributed by atoms with Gasteiger partial charge in [0, 0.05) is 12.6 Å². The van der Waals surface area contributed by atoms with E-state index in [1.807, 2.05) is 0 Å². The first-order chi connectivity index (χ1) is 7.20. The molecule has 0 radical (unpaired) electrons. The normalized spacial score (nSPS) is 35.6. The number of aliphatic hydroxyl groups excluding tert-OH is 1. The van der Waals surface area contributed by atoms with Crippen molar-refractivity contribution in [3.05, 3.63) is 0 Å². The van der Waals surface area contributed by atoms with E-state index in [4.69, 9.17) is 0 Å². The van der Waals surface area contributed by atoms with Crippen molar-refractivity contribution in [3.63, 3.8) is 0 Å². The molecular weight excluding hydrogens is 186 g/mol. The zero-order chi connectivity index (χ0) is 10.7. The number of hydrogen-bond donors (Lipinski definition) is 2. The lowest BCUT2D eigenvalue weighted by atomic mass is 9.75. The zero-order valence-electron chi connectivity index (χ0n) is 9.97. The summed E-state index contributed by atoms with van der Waals surface area (Å²) in [5.41, 5.74) is 0.501. The highest BCUT2D eigenvalue weighted by Crippen LogP contribution is 2.35. The molecule has 0 bridgehead atoms. The monoisotopic (exact) mass is 211 g/mol. The molecule has 2 unspecified atom stereocenters. The predicted octanol–water partition coefficient (Wildman–Crippen LogP) is 2.46. The van der Waals surface area contributed by atoms with E-state index in [1.165, 1.54) is 38.5 Å². The molecule has 2 atom stereocenters. The summed E-state index contributed by atoms with van der Waals surface area (Å²) < 4.78 is 0. The summed E-state index contributed by atoms with van der Waals surface area (Å²) in [6.45, 7) is 3.51. The van der Waals surface area contributed by atoms with Crippen LogP contribution in [-0.4, -0.2) is 23.8 Å². The molecule has 2 nitrogen and oxygen atoms in total. The fourth-order valence-electron chi connectivity index (χ4n) is 3.14. The second-order valence-electron chi connectivity index (χ2n) is 5.86. The predicted molar refractivity (Wildman–Crippen MR) is 62.8 cm³/mol. The van der Waals surface area contributed by atoms with E-state index in [1.54, 1.807) is 0 Å². The molecule has 2 rings (SSSR count). The van der Waals surface area contributed by atoms with Crippen molar-refractivity contribution in [2.75, 3.05) is 6.54 Å². The molecule has 2 aliphatic rings. The molecule has 0 aliphatic heterocycles. The van der Waals surface area contributed by atoms with Gasteiger partial charge < -0.3 is 10.4 Å². The summed E-state index contributed by atoms with van der Waals surface area (Å²) in [6.07, 6.45) is 10.2. The van der Waals surface area contributed by atoms with Crippen molar-refractivity contribution in [1.29, 1.82) is 0 Å². The molecular formula is C13H25NO. The summed E-state index contributed by atoms with van der Waals surface area (Å²) in [5.74, 6) is 0. The van der Waals surface area contributed by atoms with Crippen LogP contribution in [0.15, 0.2) is 0 Å². The van der Waals surface area contributed by atoms with Gasteiger partial charge in [0.15, 0.2) is 0 Å². The minimum absolute atomic E-state index is 0.0859. The van der Waals surface area contributed by atoms with Gasteiger partial charge >= 0.3 is 0 Å². The smallest absolute Gasteiger partial charge is 0.0693 e. The summed E-state index contributed by atoms with van der Waals surface area (Å²) in [5, 5.41) is 13.3. The Morgan fingerprint density at radius 2 is 1.87 bits per heavy atom. The van der Waals surface area contributed by atoms with E-state index in [0.29, 0.717) is 11.5 Å². The van der Waals surface area contributed by atoms with Crippen molar-refractivity contribution in [3.8, 4) is 0 Å². The molecule has 0 spiro atoms. The van der Waals surface area contributed by atoms with Crippen molar-refractivity contribution >= 4 is 0 Å². The highest BCUT2D eigenvalue weighted by atomic mass is 16.3. The Morgan fingerprint density at radius 1 is 1.13 bits per heavy atom. The van der Waals surface area contributed by atoms with Crippen molar-refractivity contribution < 1.29 is 5.11 Å². The second-order valence-corrected chi connectivity index (χ2v) is 5.86. The maximum Gasteiger partial charge on any atom is 0.0693 e. The van der Waals surface area contributed by atoms with E-state index in [-0.39, 0.29) is 6.10 Å². The van der Waals surface area contributed by atoms with Crippen LogP contribution in [0, 0.1) is 5.41 Å². The number of nitrogens with one attached hydrogen (secondary N) is 1.